The maximum absolute atomic E-state index is 12.3. The Morgan fingerprint density at radius 3 is 2.71 bits per heavy atom. The number of amides is 1. The van der Waals surface area contributed by atoms with Gasteiger partial charge in [-0.1, -0.05) is 11.6 Å². The second kappa shape index (κ2) is 9.33. The van der Waals surface area contributed by atoms with Crippen molar-refractivity contribution < 1.29 is 27.2 Å². The molecule has 2 heterocycles. The number of furan rings is 1. The molecule has 0 bridgehead atoms. The molecule has 2 aromatic heterocycles. The molecule has 0 atom stereocenters. The quantitative estimate of drug-likeness (QED) is 0.505. The molecule has 0 unspecified atom stereocenters. The number of sulfonamides is 1. The van der Waals surface area contributed by atoms with E-state index < -0.39 is 28.5 Å². The number of rotatable bonds is 8. The lowest BCUT2D eigenvalue weighted by molar-refractivity contribution is -0.119. The molecule has 0 saturated heterocycles. The number of nitrogens with zero attached hydrogens (tertiary/aromatic N) is 3. The van der Waals surface area contributed by atoms with Gasteiger partial charge in [-0.15, -0.1) is 0 Å². The summed E-state index contributed by atoms with van der Waals surface area (Å²) in [4.78, 5) is 24.1. The van der Waals surface area contributed by atoms with Gasteiger partial charge in [0.1, 0.15) is 10.7 Å². The Bertz CT molecular complexity index is 1190. The van der Waals surface area contributed by atoms with Gasteiger partial charge >= 0.3 is 5.97 Å². The van der Waals surface area contributed by atoms with Crippen LogP contribution in [0.25, 0.3) is 0 Å². The number of aromatic nitrogens is 2. The van der Waals surface area contributed by atoms with Crippen molar-refractivity contribution in [1.29, 1.82) is 0 Å². The number of nitrogens with one attached hydrogen (secondary N) is 1. The van der Waals surface area contributed by atoms with Crippen molar-refractivity contribution in [2.24, 2.45) is 0 Å². The fourth-order valence-corrected chi connectivity index (χ4v) is 3.89. The average Bonchev–Trinajstić information content (AvgIpc) is 3.40. The van der Waals surface area contributed by atoms with Crippen LogP contribution in [0, 0.1) is 0 Å². The molecule has 1 amide bonds. The number of anilines is 1. The minimum absolute atomic E-state index is 0.0156. The van der Waals surface area contributed by atoms with Crippen molar-refractivity contribution in [1.82, 2.24) is 14.1 Å². The van der Waals surface area contributed by atoms with Crippen molar-refractivity contribution >= 4 is 39.2 Å². The fraction of sp³-hybridized carbons (Fsp3) is 0.211. The molecule has 0 aliphatic carbocycles. The van der Waals surface area contributed by atoms with E-state index in [2.05, 4.69) is 10.4 Å². The first-order valence-electron chi connectivity index (χ1n) is 8.92. The lowest BCUT2D eigenvalue weighted by Gasteiger charge is -2.14. The van der Waals surface area contributed by atoms with Gasteiger partial charge in [0.25, 0.3) is 5.91 Å². The standard InChI is InChI=1S/C19H19ClN4O6S/c1-23(2)31(27,28)17-10-13(4-6-15(17)20)22-18(25)12-29-19(26)16-7-5-14(30-16)11-24-9-3-8-21-24/h3-10H,11-12H2,1-2H3,(H,22,25). The highest BCUT2D eigenvalue weighted by Crippen LogP contribution is 2.26. The Balaban J connectivity index is 1.58. The molecule has 10 nitrogen and oxygen atoms in total. The maximum Gasteiger partial charge on any atom is 0.374 e. The largest absolute Gasteiger partial charge is 0.452 e. The van der Waals surface area contributed by atoms with Crippen molar-refractivity contribution in [3.05, 3.63) is 65.3 Å². The third-order valence-electron chi connectivity index (χ3n) is 4.05. The zero-order valence-electron chi connectivity index (χ0n) is 16.6. The van der Waals surface area contributed by atoms with Crippen LogP contribution in [-0.2, 0) is 26.1 Å². The number of carbonyl (C=O) groups excluding carboxylic acids is 2. The highest BCUT2D eigenvalue weighted by molar-refractivity contribution is 7.89. The predicted octanol–water partition coefficient (Wildman–Crippen LogP) is 2.22. The van der Waals surface area contributed by atoms with Crippen LogP contribution in [0.15, 0.2) is 58.1 Å². The van der Waals surface area contributed by atoms with Crippen LogP contribution in [0.1, 0.15) is 16.3 Å². The van der Waals surface area contributed by atoms with Gasteiger partial charge in [0.15, 0.2) is 6.61 Å². The summed E-state index contributed by atoms with van der Waals surface area (Å²) < 4.78 is 37.6. The number of benzene rings is 1. The van der Waals surface area contributed by atoms with E-state index in [1.165, 1.54) is 38.4 Å². The molecule has 0 fully saturated rings. The van der Waals surface area contributed by atoms with Crippen molar-refractivity contribution in [2.75, 3.05) is 26.0 Å². The predicted molar refractivity (Wildman–Crippen MR) is 111 cm³/mol. The zero-order valence-corrected chi connectivity index (χ0v) is 18.2. The van der Waals surface area contributed by atoms with Crippen molar-refractivity contribution in [3.63, 3.8) is 0 Å². The molecule has 0 aliphatic heterocycles. The zero-order chi connectivity index (χ0) is 22.6. The van der Waals surface area contributed by atoms with Gasteiger partial charge < -0.3 is 14.5 Å². The molecule has 12 heteroatoms. The molecule has 0 saturated carbocycles. The van der Waals surface area contributed by atoms with Gasteiger partial charge in [0.05, 0.1) is 11.6 Å². The molecule has 1 aromatic carbocycles. The molecule has 164 valence electrons. The van der Waals surface area contributed by atoms with E-state index in [9.17, 15) is 18.0 Å². The number of esters is 1. The van der Waals surface area contributed by atoms with Gasteiger partial charge in [-0.05, 0) is 36.4 Å². The summed E-state index contributed by atoms with van der Waals surface area (Å²) in [6.45, 7) is -0.248. The first-order valence-corrected chi connectivity index (χ1v) is 10.7. The monoisotopic (exact) mass is 466 g/mol. The van der Waals surface area contributed by atoms with Crippen LogP contribution in [0.5, 0.6) is 0 Å². The first kappa shape index (κ1) is 22.5. The molecule has 0 aliphatic rings. The van der Waals surface area contributed by atoms with Gasteiger partial charge in [0, 0.05) is 32.2 Å². The van der Waals surface area contributed by atoms with Crippen LogP contribution >= 0.6 is 11.6 Å². The SMILES string of the molecule is CN(C)S(=O)(=O)c1cc(NC(=O)COC(=O)c2ccc(Cn3cccn3)o2)ccc1Cl. The summed E-state index contributed by atoms with van der Waals surface area (Å²) in [6.07, 6.45) is 3.37. The summed E-state index contributed by atoms with van der Waals surface area (Å²) in [5, 5.41) is 6.52. The van der Waals surface area contributed by atoms with Gasteiger partial charge in [-0.2, -0.15) is 5.10 Å². The van der Waals surface area contributed by atoms with E-state index in [1.54, 1.807) is 29.2 Å². The molecular weight excluding hydrogens is 448 g/mol. The normalized spacial score (nSPS) is 11.5. The first-order chi connectivity index (χ1) is 14.7. The molecular formula is C19H19ClN4O6S. The molecule has 3 rings (SSSR count). The molecule has 1 N–H and O–H groups in total. The van der Waals surface area contributed by atoms with E-state index in [4.69, 9.17) is 20.8 Å². The highest BCUT2D eigenvalue weighted by atomic mass is 35.5. The second-order valence-corrected chi connectivity index (χ2v) is 9.05. The van der Waals surface area contributed by atoms with E-state index >= 15 is 0 Å². The number of halogens is 1. The van der Waals surface area contributed by atoms with Gasteiger partial charge in [-0.3, -0.25) is 9.48 Å². The van der Waals surface area contributed by atoms with E-state index in [-0.39, 0.29) is 21.4 Å². The Hall–Kier alpha value is -3.15. The Labute approximate surface area is 183 Å². The van der Waals surface area contributed by atoms with Gasteiger partial charge in [-0.25, -0.2) is 17.5 Å². The Morgan fingerprint density at radius 1 is 1.26 bits per heavy atom. The van der Waals surface area contributed by atoms with E-state index in [0.29, 0.717) is 12.3 Å². The van der Waals surface area contributed by atoms with E-state index in [1.807, 2.05) is 0 Å². The minimum atomic E-state index is -3.80. The number of ether oxygens (including phenoxy) is 1. The number of carbonyl (C=O) groups is 2. The van der Waals surface area contributed by atoms with Crippen LogP contribution in [-0.4, -0.2) is 55.1 Å². The van der Waals surface area contributed by atoms with Crippen molar-refractivity contribution in [3.8, 4) is 0 Å². The number of hydrogen-bond acceptors (Lipinski definition) is 7. The van der Waals surface area contributed by atoms with Crippen LogP contribution < -0.4 is 5.32 Å². The summed E-state index contributed by atoms with van der Waals surface area (Å²) in [6, 6.07) is 8.82. The summed E-state index contributed by atoms with van der Waals surface area (Å²) >= 11 is 5.97. The van der Waals surface area contributed by atoms with Gasteiger partial charge in [0.2, 0.25) is 15.8 Å². The third kappa shape index (κ3) is 5.51. The smallest absolute Gasteiger partial charge is 0.374 e. The third-order valence-corrected chi connectivity index (χ3v) is 6.34. The summed E-state index contributed by atoms with van der Waals surface area (Å²) in [5.41, 5.74) is 0.186. The lowest BCUT2D eigenvalue weighted by Crippen LogP contribution is -2.23. The summed E-state index contributed by atoms with van der Waals surface area (Å²) in [7, 11) is -1.07. The topological polar surface area (TPSA) is 124 Å². The summed E-state index contributed by atoms with van der Waals surface area (Å²) in [5.74, 6) is -1.03. The van der Waals surface area contributed by atoms with E-state index in [0.717, 1.165) is 4.31 Å². The van der Waals surface area contributed by atoms with Crippen LogP contribution in [0.3, 0.4) is 0 Å². The fourth-order valence-electron chi connectivity index (χ4n) is 2.50. The highest BCUT2D eigenvalue weighted by Gasteiger charge is 2.22. The van der Waals surface area contributed by atoms with Crippen LogP contribution in [0.4, 0.5) is 5.69 Å². The average molecular weight is 467 g/mol. The second-order valence-electron chi connectivity index (χ2n) is 6.53. The molecule has 3 aromatic rings. The number of hydrogen-bond donors (Lipinski definition) is 1. The maximum atomic E-state index is 12.3. The Kier molecular flexibility index (Phi) is 6.78. The lowest BCUT2D eigenvalue weighted by atomic mass is 10.3. The molecule has 0 radical (unpaired) electrons. The van der Waals surface area contributed by atoms with Crippen molar-refractivity contribution in [2.45, 2.75) is 11.4 Å². The molecule has 31 heavy (non-hydrogen) atoms. The minimum Gasteiger partial charge on any atom is -0.452 e. The molecule has 0 spiro atoms. The van der Waals surface area contributed by atoms with Crippen LogP contribution in [0.2, 0.25) is 5.02 Å². The Morgan fingerprint density at radius 2 is 2.03 bits per heavy atom.